The Morgan fingerprint density at radius 1 is 1.31 bits per heavy atom. The highest BCUT2D eigenvalue weighted by Crippen LogP contribution is 2.36. The summed E-state index contributed by atoms with van der Waals surface area (Å²) in [4.78, 5) is 11.2. The highest BCUT2D eigenvalue weighted by atomic mass is 35.5. The van der Waals surface area contributed by atoms with E-state index in [2.05, 4.69) is 5.32 Å². The first-order valence-corrected chi connectivity index (χ1v) is 8.81. The van der Waals surface area contributed by atoms with Crippen LogP contribution in [0.2, 0.25) is 10.0 Å². The van der Waals surface area contributed by atoms with E-state index in [0.29, 0.717) is 12.0 Å². The molecule has 0 spiro atoms. The molecule has 0 unspecified atom stereocenters. The molecule has 0 aliphatic heterocycles. The third-order valence-electron chi connectivity index (χ3n) is 3.95. The molecule has 2 N–H and O–H groups in total. The van der Waals surface area contributed by atoms with Crippen molar-refractivity contribution in [3.63, 3.8) is 0 Å². The van der Waals surface area contributed by atoms with Gasteiger partial charge >= 0.3 is 0 Å². The smallest absolute Gasteiger partial charge is 0.257 e. The van der Waals surface area contributed by atoms with Gasteiger partial charge in [0.05, 0.1) is 5.02 Å². The molecule has 0 aliphatic rings. The molecule has 0 saturated heterocycles. The Balaban J connectivity index is 2.32. The molecule has 0 radical (unpaired) electrons. The minimum Gasteiger partial charge on any atom is -0.508 e. The van der Waals surface area contributed by atoms with Crippen molar-refractivity contribution < 1.29 is 19.0 Å². The molecule has 0 aromatic heterocycles. The fourth-order valence-corrected chi connectivity index (χ4v) is 3.04. The van der Waals surface area contributed by atoms with Crippen molar-refractivity contribution in [2.45, 2.75) is 26.2 Å². The van der Waals surface area contributed by atoms with Crippen molar-refractivity contribution >= 4 is 29.1 Å². The standard InChI is InChI=1S/C19H20Cl2FNO3/c1-10(2)12-6-11(4-5-15(12)24)7-13-14(20)8-16(19(22)18(13)21)26-9-17(25)23-3/h4-6,8,10,24H,7,9H2,1-3H3,(H,23,25). The molecule has 2 rings (SSSR count). The van der Waals surface area contributed by atoms with Crippen molar-refractivity contribution in [2.24, 2.45) is 0 Å². The summed E-state index contributed by atoms with van der Waals surface area (Å²) in [5.41, 5.74) is 2.05. The average Bonchev–Trinajstić information content (AvgIpc) is 2.61. The number of phenolic OH excluding ortho intramolecular Hbond substituents is 1. The van der Waals surface area contributed by atoms with Crippen LogP contribution in [-0.2, 0) is 11.2 Å². The quantitative estimate of drug-likeness (QED) is 0.693. The van der Waals surface area contributed by atoms with E-state index in [1.165, 1.54) is 13.1 Å². The normalized spacial score (nSPS) is 10.9. The van der Waals surface area contributed by atoms with Gasteiger partial charge in [-0.2, -0.15) is 0 Å². The summed E-state index contributed by atoms with van der Waals surface area (Å²) in [6.45, 7) is 3.60. The van der Waals surface area contributed by atoms with Crippen LogP contribution in [0.15, 0.2) is 24.3 Å². The summed E-state index contributed by atoms with van der Waals surface area (Å²) < 4.78 is 19.6. The molecule has 0 atom stereocenters. The summed E-state index contributed by atoms with van der Waals surface area (Å²) in [6.07, 6.45) is 0.296. The first-order valence-electron chi connectivity index (χ1n) is 8.06. The molecule has 7 heteroatoms. The monoisotopic (exact) mass is 399 g/mol. The molecule has 0 aliphatic carbocycles. The minimum absolute atomic E-state index is 0.137. The van der Waals surface area contributed by atoms with Gasteiger partial charge in [0.15, 0.2) is 18.2 Å². The highest BCUT2D eigenvalue weighted by molar-refractivity contribution is 6.36. The Hall–Kier alpha value is -1.98. The van der Waals surface area contributed by atoms with Crippen molar-refractivity contribution in [3.8, 4) is 11.5 Å². The van der Waals surface area contributed by atoms with Crippen molar-refractivity contribution in [2.75, 3.05) is 13.7 Å². The van der Waals surface area contributed by atoms with Gasteiger partial charge in [0, 0.05) is 24.6 Å². The number of phenols is 1. The first kappa shape index (κ1) is 20.3. The number of hydrogen-bond acceptors (Lipinski definition) is 3. The van der Waals surface area contributed by atoms with E-state index in [4.69, 9.17) is 27.9 Å². The predicted molar refractivity (Wildman–Crippen MR) is 101 cm³/mol. The number of rotatable bonds is 6. The number of nitrogens with one attached hydrogen (secondary N) is 1. The average molecular weight is 400 g/mol. The summed E-state index contributed by atoms with van der Waals surface area (Å²) in [6, 6.07) is 6.50. The summed E-state index contributed by atoms with van der Waals surface area (Å²) >= 11 is 12.4. The maximum atomic E-state index is 14.5. The van der Waals surface area contributed by atoms with Crippen LogP contribution in [0.5, 0.6) is 11.5 Å². The molecule has 0 heterocycles. The van der Waals surface area contributed by atoms with E-state index in [0.717, 1.165) is 11.1 Å². The van der Waals surface area contributed by atoms with Crippen LogP contribution >= 0.6 is 23.2 Å². The molecule has 4 nitrogen and oxygen atoms in total. The number of halogens is 3. The molecule has 2 aromatic carbocycles. The van der Waals surface area contributed by atoms with Crippen LogP contribution < -0.4 is 10.1 Å². The van der Waals surface area contributed by atoms with E-state index >= 15 is 0 Å². The summed E-state index contributed by atoms with van der Waals surface area (Å²) in [7, 11) is 1.45. The molecule has 140 valence electrons. The SMILES string of the molecule is CNC(=O)COc1cc(Cl)c(Cc2ccc(O)c(C(C)C)c2)c(Cl)c1F. The number of benzene rings is 2. The Morgan fingerprint density at radius 3 is 2.62 bits per heavy atom. The van der Waals surface area contributed by atoms with Crippen molar-refractivity contribution in [1.29, 1.82) is 0 Å². The second-order valence-corrected chi connectivity index (χ2v) is 6.93. The molecule has 1 amide bonds. The highest BCUT2D eigenvalue weighted by Gasteiger charge is 2.19. The fourth-order valence-electron chi connectivity index (χ4n) is 2.47. The van der Waals surface area contributed by atoms with E-state index in [-0.39, 0.29) is 34.1 Å². The van der Waals surface area contributed by atoms with Crippen LogP contribution in [-0.4, -0.2) is 24.7 Å². The van der Waals surface area contributed by atoms with Gasteiger partial charge in [-0.25, -0.2) is 4.39 Å². The number of aromatic hydroxyl groups is 1. The van der Waals surface area contributed by atoms with Crippen LogP contribution in [0, 0.1) is 5.82 Å². The third kappa shape index (κ3) is 4.59. The maximum absolute atomic E-state index is 14.5. The van der Waals surface area contributed by atoms with E-state index < -0.39 is 11.7 Å². The Kier molecular flexibility index (Phi) is 6.73. The zero-order valence-electron chi connectivity index (χ0n) is 14.7. The first-order chi connectivity index (χ1) is 12.2. The molecular weight excluding hydrogens is 380 g/mol. The zero-order chi connectivity index (χ0) is 19.4. The topological polar surface area (TPSA) is 58.6 Å². The second-order valence-electron chi connectivity index (χ2n) is 6.15. The van der Waals surface area contributed by atoms with Crippen molar-refractivity contribution in [1.82, 2.24) is 5.32 Å². The molecule has 26 heavy (non-hydrogen) atoms. The fraction of sp³-hybridized carbons (Fsp3) is 0.316. The maximum Gasteiger partial charge on any atom is 0.257 e. The lowest BCUT2D eigenvalue weighted by molar-refractivity contribution is -0.122. The Bertz CT molecular complexity index is 825. The van der Waals surface area contributed by atoms with Crippen LogP contribution in [0.1, 0.15) is 36.5 Å². The summed E-state index contributed by atoms with van der Waals surface area (Å²) in [5, 5.41) is 12.4. The van der Waals surface area contributed by atoms with Crippen LogP contribution in [0.25, 0.3) is 0 Å². The molecular formula is C19H20Cl2FNO3. The minimum atomic E-state index is -0.766. The van der Waals surface area contributed by atoms with Gasteiger partial charge in [-0.05, 0) is 28.7 Å². The van der Waals surface area contributed by atoms with Gasteiger partial charge < -0.3 is 15.2 Å². The predicted octanol–water partition coefficient (Wildman–Crippen LogP) is 4.68. The molecule has 0 fully saturated rings. The third-order valence-corrected chi connectivity index (χ3v) is 4.68. The number of likely N-dealkylation sites (N-methyl/N-ethyl adjacent to an activating group) is 1. The second kappa shape index (κ2) is 8.60. The lowest BCUT2D eigenvalue weighted by Gasteiger charge is -2.14. The van der Waals surface area contributed by atoms with Gasteiger partial charge in [0.2, 0.25) is 0 Å². The van der Waals surface area contributed by atoms with Gasteiger partial charge in [-0.3, -0.25) is 4.79 Å². The van der Waals surface area contributed by atoms with E-state index in [1.54, 1.807) is 12.1 Å². The van der Waals surface area contributed by atoms with Gasteiger partial charge in [-0.15, -0.1) is 0 Å². The largest absolute Gasteiger partial charge is 0.508 e. The summed E-state index contributed by atoms with van der Waals surface area (Å²) in [5.74, 6) is -0.993. The van der Waals surface area contributed by atoms with Crippen LogP contribution in [0.3, 0.4) is 0 Å². The molecule has 2 aromatic rings. The molecule has 0 saturated carbocycles. The number of carbonyl (C=O) groups excluding carboxylic acids is 1. The zero-order valence-corrected chi connectivity index (χ0v) is 16.2. The van der Waals surface area contributed by atoms with Gasteiger partial charge in [0.1, 0.15) is 5.75 Å². The van der Waals surface area contributed by atoms with Crippen LogP contribution in [0.4, 0.5) is 4.39 Å². The molecule has 0 bridgehead atoms. The Labute approximate surface area is 161 Å². The van der Waals surface area contributed by atoms with E-state index in [1.807, 2.05) is 19.9 Å². The van der Waals surface area contributed by atoms with E-state index in [9.17, 15) is 14.3 Å². The number of amides is 1. The van der Waals surface area contributed by atoms with Gasteiger partial charge in [0.25, 0.3) is 5.91 Å². The lowest BCUT2D eigenvalue weighted by Crippen LogP contribution is -2.25. The number of hydrogen-bond donors (Lipinski definition) is 2. The Morgan fingerprint density at radius 2 is 2.00 bits per heavy atom. The van der Waals surface area contributed by atoms with Crippen molar-refractivity contribution in [3.05, 3.63) is 56.8 Å². The number of ether oxygens (including phenoxy) is 1. The van der Waals surface area contributed by atoms with Gasteiger partial charge in [-0.1, -0.05) is 49.2 Å². The lowest BCUT2D eigenvalue weighted by atomic mass is 9.96. The number of carbonyl (C=O) groups is 1.